The van der Waals surface area contributed by atoms with Crippen LogP contribution in [0.2, 0.25) is 0 Å². The lowest BCUT2D eigenvalue weighted by atomic mass is 10.3. The van der Waals surface area contributed by atoms with Gasteiger partial charge in [0.25, 0.3) is 5.91 Å². The summed E-state index contributed by atoms with van der Waals surface area (Å²) in [6.45, 7) is 2.40. The number of hydrogen-bond acceptors (Lipinski definition) is 5. The Morgan fingerprint density at radius 3 is 2.79 bits per heavy atom. The maximum absolute atomic E-state index is 12.0. The van der Waals surface area contributed by atoms with Crippen molar-refractivity contribution in [3.05, 3.63) is 42.4 Å². The molecule has 0 spiro atoms. The zero-order chi connectivity index (χ0) is 13.7. The van der Waals surface area contributed by atoms with Crippen LogP contribution in [0.5, 0.6) is 5.75 Å². The molecule has 2 rings (SSSR count). The number of anilines is 2. The van der Waals surface area contributed by atoms with Crippen LogP contribution in [-0.2, 0) is 0 Å². The Balaban J connectivity index is 2.16. The van der Waals surface area contributed by atoms with Crippen molar-refractivity contribution in [1.29, 1.82) is 0 Å². The first-order valence-corrected chi connectivity index (χ1v) is 5.81. The van der Waals surface area contributed by atoms with E-state index < -0.39 is 0 Å². The first kappa shape index (κ1) is 12.8. The zero-order valence-corrected chi connectivity index (χ0v) is 10.5. The van der Waals surface area contributed by atoms with Gasteiger partial charge in [-0.1, -0.05) is 12.1 Å². The molecule has 1 heterocycles. The standard InChI is InChI=1S/C13H14N4O2/c1-2-19-11-6-4-3-5-9(11)17-13(18)10-7-16-12(14)8-15-10/h3-8H,2H2,1H3,(H2,14,16)(H,17,18). The molecule has 0 radical (unpaired) electrons. The number of ether oxygens (including phenoxy) is 1. The Hall–Kier alpha value is -2.63. The fraction of sp³-hybridized carbons (Fsp3) is 0.154. The summed E-state index contributed by atoms with van der Waals surface area (Å²) in [7, 11) is 0. The quantitative estimate of drug-likeness (QED) is 0.871. The molecule has 3 N–H and O–H groups in total. The summed E-state index contributed by atoms with van der Waals surface area (Å²) in [5.41, 5.74) is 6.20. The van der Waals surface area contributed by atoms with Gasteiger partial charge in [0, 0.05) is 0 Å². The number of nitrogens with zero attached hydrogens (tertiary/aromatic N) is 2. The van der Waals surface area contributed by atoms with Crippen molar-refractivity contribution in [2.24, 2.45) is 0 Å². The van der Waals surface area contributed by atoms with E-state index in [1.165, 1.54) is 12.4 Å². The van der Waals surface area contributed by atoms with Gasteiger partial charge >= 0.3 is 0 Å². The lowest BCUT2D eigenvalue weighted by Crippen LogP contribution is -2.15. The molecule has 0 aliphatic rings. The van der Waals surface area contributed by atoms with Crippen molar-refractivity contribution < 1.29 is 9.53 Å². The third-order valence-electron chi connectivity index (χ3n) is 2.34. The normalized spacial score (nSPS) is 9.95. The van der Waals surface area contributed by atoms with Crippen LogP contribution >= 0.6 is 0 Å². The van der Waals surface area contributed by atoms with E-state index in [0.29, 0.717) is 18.0 Å². The predicted octanol–water partition coefficient (Wildman–Crippen LogP) is 1.71. The van der Waals surface area contributed by atoms with E-state index in [-0.39, 0.29) is 17.4 Å². The van der Waals surface area contributed by atoms with Crippen LogP contribution in [0, 0.1) is 0 Å². The number of benzene rings is 1. The molecule has 1 aromatic heterocycles. The molecule has 0 aliphatic heterocycles. The molecule has 1 aromatic carbocycles. The van der Waals surface area contributed by atoms with Gasteiger partial charge in [0.15, 0.2) is 0 Å². The van der Waals surface area contributed by atoms with Crippen LogP contribution in [0.4, 0.5) is 11.5 Å². The van der Waals surface area contributed by atoms with Gasteiger partial charge in [-0.25, -0.2) is 9.97 Å². The summed E-state index contributed by atoms with van der Waals surface area (Å²) in [6.07, 6.45) is 2.66. The highest BCUT2D eigenvalue weighted by molar-refractivity contribution is 6.03. The number of aromatic nitrogens is 2. The second kappa shape index (κ2) is 5.81. The second-order valence-corrected chi connectivity index (χ2v) is 3.71. The summed E-state index contributed by atoms with van der Waals surface area (Å²) in [5.74, 6) is 0.521. The summed E-state index contributed by atoms with van der Waals surface area (Å²) in [4.78, 5) is 19.7. The summed E-state index contributed by atoms with van der Waals surface area (Å²) < 4.78 is 5.42. The largest absolute Gasteiger partial charge is 0.492 e. The minimum atomic E-state index is -0.361. The van der Waals surface area contributed by atoms with Gasteiger partial charge in [0.1, 0.15) is 17.3 Å². The lowest BCUT2D eigenvalue weighted by Gasteiger charge is -2.10. The maximum Gasteiger partial charge on any atom is 0.275 e. The molecule has 19 heavy (non-hydrogen) atoms. The number of carbonyl (C=O) groups is 1. The van der Waals surface area contributed by atoms with E-state index in [9.17, 15) is 4.79 Å². The average Bonchev–Trinajstić information content (AvgIpc) is 2.42. The molecule has 0 fully saturated rings. The third-order valence-corrected chi connectivity index (χ3v) is 2.34. The second-order valence-electron chi connectivity index (χ2n) is 3.71. The van der Waals surface area contributed by atoms with Gasteiger partial charge in [0.2, 0.25) is 0 Å². The van der Waals surface area contributed by atoms with E-state index >= 15 is 0 Å². The first-order valence-electron chi connectivity index (χ1n) is 5.81. The molecule has 6 heteroatoms. The molecule has 0 unspecified atom stereocenters. The highest BCUT2D eigenvalue weighted by Gasteiger charge is 2.10. The molecule has 0 saturated heterocycles. The molecule has 1 amide bonds. The molecule has 0 aliphatic carbocycles. The van der Waals surface area contributed by atoms with E-state index in [4.69, 9.17) is 10.5 Å². The number of amides is 1. The van der Waals surface area contributed by atoms with Gasteiger partial charge in [-0.3, -0.25) is 4.79 Å². The molecule has 0 bridgehead atoms. The molecule has 6 nitrogen and oxygen atoms in total. The first-order chi connectivity index (χ1) is 9.20. The van der Waals surface area contributed by atoms with Crippen molar-refractivity contribution in [2.75, 3.05) is 17.7 Å². The Labute approximate surface area is 110 Å². The van der Waals surface area contributed by atoms with Crippen LogP contribution in [0.1, 0.15) is 17.4 Å². The Bertz CT molecular complexity index is 569. The van der Waals surface area contributed by atoms with Crippen molar-refractivity contribution in [1.82, 2.24) is 9.97 Å². The molecule has 2 aromatic rings. The number of para-hydroxylation sites is 2. The Morgan fingerprint density at radius 2 is 2.11 bits per heavy atom. The molecular formula is C13H14N4O2. The van der Waals surface area contributed by atoms with Crippen molar-refractivity contribution in [2.45, 2.75) is 6.92 Å². The highest BCUT2D eigenvalue weighted by atomic mass is 16.5. The van der Waals surface area contributed by atoms with Crippen LogP contribution in [0.25, 0.3) is 0 Å². The topological polar surface area (TPSA) is 90.1 Å². The van der Waals surface area contributed by atoms with Crippen LogP contribution in [-0.4, -0.2) is 22.5 Å². The summed E-state index contributed by atoms with van der Waals surface area (Å²) in [5, 5.41) is 2.72. The maximum atomic E-state index is 12.0. The highest BCUT2D eigenvalue weighted by Crippen LogP contribution is 2.23. The average molecular weight is 258 g/mol. The van der Waals surface area contributed by atoms with Crippen LogP contribution in [0.15, 0.2) is 36.7 Å². The lowest BCUT2D eigenvalue weighted by molar-refractivity contribution is 0.102. The minimum absolute atomic E-state index is 0.195. The number of nitrogens with two attached hydrogens (primary N) is 1. The predicted molar refractivity (Wildman–Crippen MR) is 72.0 cm³/mol. The number of carbonyl (C=O) groups excluding carboxylic acids is 1. The van der Waals surface area contributed by atoms with Crippen molar-refractivity contribution in [3.8, 4) is 5.75 Å². The number of nitrogen functional groups attached to an aromatic ring is 1. The van der Waals surface area contributed by atoms with Gasteiger partial charge < -0.3 is 15.8 Å². The fourth-order valence-corrected chi connectivity index (χ4v) is 1.49. The van der Waals surface area contributed by atoms with Crippen molar-refractivity contribution in [3.63, 3.8) is 0 Å². The van der Waals surface area contributed by atoms with Crippen LogP contribution < -0.4 is 15.8 Å². The number of nitrogens with one attached hydrogen (secondary N) is 1. The molecular weight excluding hydrogens is 244 g/mol. The Morgan fingerprint density at radius 1 is 1.32 bits per heavy atom. The van der Waals surface area contributed by atoms with E-state index in [1.807, 2.05) is 19.1 Å². The van der Waals surface area contributed by atoms with Gasteiger partial charge in [0.05, 0.1) is 24.7 Å². The molecule has 0 atom stereocenters. The number of hydrogen-bond donors (Lipinski definition) is 2. The van der Waals surface area contributed by atoms with E-state index in [1.54, 1.807) is 12.1 Å². The van der Waals surface area contributed by atoms with E-state index in [0.717, 1.165) is 0 Å². The molecule has 0 saturated carbocycles. The van der Waals surface area contributed by atoms with Gasteiger partial charge in [-0.15, -0.1) is 0 Å². The van der Waals surface area contributed by atoms with Crippen molar-refractivity contribution >= 4 is 17.4 Å². The van der Waals surface area contributed by atoms with Gasteiger partial charge in [-0.05, 0) is 19.1 Å². The minimum Gasteiger partial charge on any atom is -0.492 e. The van der Waals surface area contributed by atoms with E-state index in [2.05, 4.69) is 15.3 Å². The third kappa shape index (κ3) is 3.19. The smallest absolute Gasteiger partial charge is 0.275 e. The SMILES string of the molecule is CCOc1ccccc1NC(=O)c1cnc(N)cn1. The van der Waals surface area contributed by atoms with Gasteiger partial charge in [-0.2, -0.15) is 0 Å². The monoisotopic (exact) mass is 258 g/mol. The van der Waals surface area contributed by atoms with Crippen LogP contribution in [0.3, 0.4) is 0 Å². The summed E-state index contributed by atoms with van der Waals surface area (Å²) in [6, 6.07) is 7.19. The fourth-order valence-electron chi connectivity index (χ4n) is 1.49. The zero-order valence-electron chi connectivity index (χ0n) is 10.5. The summed E-state index contributed by atoms with van der Waals surface area (Å²) >= 11 is 0. The number of rotatable bonds is 4. The molecule has 98 valence electrons. The Kier molecular flexibility index (Phi) is 3.92.